The van der Waals surface area contributed by atoms with E-state index in [2.05, 4.69) is 10.1 Å². The molecule has 0 saturated carbocycles. The van der Waals surface area contributed by atoms with E-state index in [4.69, 9.17) is 15.7 Å². The Balaban J connectivity index is 2.77. The van der Waals surface area contributed by atoms with Crippen molar-refractivity contribution in [2.45, 2.75) is 6.54 Å². The van der Waals surface area contributed by atoms with Crippen molar-refractivity contribution < 1.29 is 9.94 Å². The standard InChI is InChI=1S/C7H12N4O2/c1-13-5-4-11-3-2-9-7(11)6(8)10-12/h2-3,12H,4-5H2,1H3,(H2,8,10). The minimum atomic E-state index is 0.00102. The number of methoxy groups -OCH3 is 1. The topological polar surface area (TPSA) is 85.7 Å². The molecule has 0 aromatic carbocycles. The predicted molar refractivity (Wildman–Crippen MR) is 46.6 cm³/mol. The van der Waals surface area contributed by atoms with Crippen molar-refractivity contribution in [1.82, 2.24) is 9.55 Å². The van der Waals surface area contributed by atoms with E-state index in [0.29, 0.717) is 19.0 Å². The molecule has 72 valence electrons. The predicted octanol–water partition coefficient (Wildman–Crippen LogP) is -0.376. The van der Waals surface area contributed by atoms with Crippen molar-refractivity contribution in [3.63, 3.8) is 0 Å². The van der Waals surface area contributed by atoms with E-state index in [-0.39, 0.29) is 5.84 Å². The van der Waals surface area contributed by atoms with E-state index in [9.17, 15) is 0 Å². The molecule has 0 saturated heterocycles. The largest absolute Gasteiger partial charge is 0.409 e. The average molecular weight is 184 g/mol. The Morgan fingerprint density at radius 3 is 3.23 bits per heavy atom. The summed E-state index contributed by atoms with van der Waals surface area (Å²) < 4.78 is 6.64. The van der Waals surface area contributed by atoms with Crippen LogP contribution in [0.5, 0.6) is 0 Å². The van der Waals surface area contributed by atoms with Crippen LogP contribution in [-0.2, 0) is 11.3 Å². The number of rotatable bonds is 4. The molecule has 0 fully saturated rings. The first-order valence-corrected chi connectivity index (χ1v) is 3.77. The van der Waals surface area contributed by atoms with Crippen LogP contribution in [0.25, 0.3) is 0 Å². The molecule has 3 N–H and O–H groups in total. The molecule has 13 heavy (non-hydrogen) atoms. The lowest BCUT2D eigenvalue weighted by molar-refractivity contribution is 0.187. The fourth-order valence-electron chi connectivity index (χ4n) is 0.957. The van der Waals surface area contributed by atoms with Crippen LogP contribution in [0.2, 0.25) is 0 Å². The second kappa shape index (κ2) is 4.46. The summed E-state index contributed by atoms with van der Waals surface area (Å²) in [6.07, 6.45) is 3.33. The number of imidazole rings is 1. The van der Waals surface area contributed by atoms with Gasteiger partial charge < -0.3 is 20.2 Å². The summed E-state index contributed by atoms with van der Waals surface area (Å²) in [5.74, 6) is 0.445. The SMILES string of the molecule is COCCn1ccnc1/C(N)=N/O. The van der Waals surface area contributed by atoms with Gasteiger partial charge in [-0.2, -0.15) is 0 Å². The van der Waals surface area contributed by atoms with Gasteiger partial charge in [0.1, 0.15) is 0 Å². The lowest BCUT2D eigenvalue weighted by Gasteiger charge is -2.04. The Morgan fingerprint density at radius 1 is 1.85 bits per heavy atom. The molecule has 1 aromatic rings. The van der Waals surface area contributed by atoms with Crippen molar-refractivity contribution in [2.24, 2.45) is 10.9 Å². The van der Waals surface area contributed by atoms with Gasteiger partial charge in [-0.1, -0.05) is 5.16 Å². The second-order valence-corrected chi connectivity index (χ2v) is 2.42. The van der Waals surface area contributed by atoms with Gasteiger partial charge in [0.15, 0.2) is 5.82 Å². The number of nitrogens with two attached hydrogens (primary N) is 1. The molecule has 1 heterocycles. The molecule has 0 aliphatic carbocycles. The van der Waals surface area contributed by atoms with Crippen molar-refractivity contribution in [2.75, 3.05) is 13.7 Å². The van der Waals surface area contributed by atoms with Gasteiger partial charge in [0.2, 0.25) is 5.84 Å². The van der Waals surface area contributed by atoms with Gasteiger partial charge in [-0.3, -0.25) is 0 Å². The van der Waals surface area contributed by atoms with Crippen LogP contribution in [0.4, 0.5) is 0 Å². The van der Waals surface area contributed by atoms with Gasteiger partial charge in [-0.25, -0.2) is 4.98 Å². The first kappa shape index (κ1) is 9.53. The molecule has 0 aliphatic heterocycles. The summed E-state index contributed by atoms with van der Waals surface area (Å²) in [4.78, 5) is 3.93. The Morgan fingerprint density at radius 2 is 2.62 bits per heavy atom. The summed E-state index contributed by atoms with van der Waals surface area (Å²) in [6.45, 7) is 1.18. The zero-order chi connectivity index (χ0) is 9.68. The number of nitrogens with zero attached hydrogens (tertiary/aromatic N) is 3. The molecule has 1 rings (SSSR count). The summed E-state index contributed by atoms with van der Waals surface area (Å²) >= 11 is 0. The molecular weight excluding hydrogens is 172 g/mol. The lowest BCUT2D eigenvalue weighted by Crippen LogP contribution is -2.20. The fourth-order valence-corrected chi connectivity index (χ4v) is 0.957. The second-order valence-electron chi connectivity index (χ2n) is 2.42. The highest BCUT2D eigenvalue weighted by atomic mass is 16.5. The minimum Gasteiger partial charge on any atom is -0.409 e. The molecule has 6 heteroatoms. The smallest absolute Gasteiger partial charge is 0.206 e. The molecule has 0 aliphatic rings. The van der Waals surface area contributed by atoms with Crippen LogP contribution in [0, 0.1) is 0 Å². The van der Waals surface area contributed by atoms with Gasteiger partial charge >= 0.3 is 0 Å². The van der Waals surface area contributed by atoms with Crippen molar-refractivity contribution >= 4 is 5.84 Å². The van der Waals surface area contributed by atoms with Crippen molar-refractivity contribution in [3.05, 3.63) is 18.2 Å². The zero-order valence-corrected chi connectivity index (χ0v) is 7.34. The minimum absolute atomic E-state index is 0.00102. The molecule has 1 aromatic heterocycles. The fraction of sp³-hybridized carbons (Fsp3) is 0.429. The van der Waals surface area contributed by atoms with Crippen molar-refractivity contribution in [3.8, 4) is 0 Å². The molecule has 0 radical (unpaired) electrons. The first-order valence-electron chi connectivity index (χ1n) is 3.77. The van der Waals surface area contributed by atoms with Gasteiger partial charge in [-0.05, 0) is 0 Å². The van der Waals surface area contributed by atoms with Crippen LogP contribution in [-0.4, -0.2) is 34.3 Å². The van der Waals surface area contributed by atoms with Crippen LogP contribution in [0.15, 0.2) is 17.5 Å². The van der Waals surface area contributed by atoms with E-state index in [1.807, 2.05) is 0 Å². The van der Waals surface area contributed by atoms with Crippen LogP contribution >= 0.6 is 0 Å². The Hall–Kier alpha value is -1.56. The lowest BCUT2D eigenvalue weighted by atomic mass is 10.5. The van der Waals surface area contributed by atoms with Crippen molar-refractivity contribution in [1.29, 1.82) is 0 Å². The van der Waals surface area contributed by atoms with E-state index in [1.54, 1.807) is 24.1 Å². The summed E-state index contributed by atoms with van der Waals surface area (Å²) in [7, 11) is 1.61. The van der Waals surface area contributed by atoms with E-state index in [0.717, 1.165) is 0 Å². The Kier molecular flexibility index (Phi) is 3.27. The van der Waals surface area contributed by atoms with Crippen LogP contribution in [0.3, 0.4) is 0 Å². The van der Waals surface area contributed by atoms with Gasteiger partial charge in [0.05, 0.1) is 6.61 Å². The normalized spacial score (nSPS) is 11.9. The zero-order valence-electron chi connectivity index (χ0n) is 7.34. The van der Waals surface area contributed by atoms with E-state index >= 15 is 0 Å². The van der Waals surface area contributed by atoms with E-state index in [1.165, 1.54) is 0 Å². The number of oxime groups is 1. The molecule has 0 atom stereocenters. The monoisotopic (exact) mass is 184 g/mol. The van der Waals surface area contributed by atoms with Gasteiger partial charge in [0.25, 0.3) is 0 Å². The Bertz CT molecular complexity index is 294. The van der Waals surface area contributed by atoms with Crippen LogP contribution in [0.1, 0.15) is 5.82 Å². The molecular formula is C7H12N4O2. The quantitative estimate of drug-likeness (QED) is 0.289. The third kappa shape index (κ3) is 2.19. The summed E-state index contributed by atoms with van der Waals surface area (Å²) in [6, 6.07) is 0. The maximum absolute atomic E-state index is 8.43. The third-order valence-corrected chi connectivity index (χ3v) is 1.59. The maximum Gasteiger partial charge on any atom is 0.206 e. The molecule has 0 unspecified atom stereocenters. The molecule has 0 spiro atoms. The van der Waals surface area contributed by atoms with E-state index < -0.39 is 0 Å². The highest BCUT2D eigenvalue weighted by Crippen LogP contribution is 1.96. The Labute approximate surface area is 75.6 Å². The summed E-state index contributed by atoms with van der Waals surface area (Å²) in [5, 5.41) is 11.3. The summed E-state index contributed by atoms with van der Waals surface area (Å²) in [5.41, 5.74) is 5.39. The van der Waals surface area contributed by atoms with Gasteiger partial charge in [-0.15, -0.1) is 0 Å². The number of hydrogen-bond acceptors (Lipinski definition) is 4. The maximum atomic E-state index is 8.43. The average Bonchev–Trinajstić information content (AvgIpc) is 2.61. The molecule has 0 amide bonds. The van der Waals surface area contributed by atoms with Crippen LogP contribution < -0.4 is 5.73 Å². The number of aromatic nitrogens is 2. The highest BCUT2D eigenvalue weighted by Gasteiger charge is 2.06. The third-order valence-electron chi connectivity index (χ3n) is 1.59. The van der Waals surface area contributed by atoms with Gasteiger partial charge in [0, 0.05) is 26.0 Å². The number of hydrogen-bond donors (Lipinski definition) is 2. The molecule has 0 bridgehead atoms. The molecule has 6 nitrogen and oxygen atoms in total. The highest BCUT2D eigenvalue weighted by molar-refractivity contribution is 5.93. The number of amidine groups is 1. The number of ether oxygens (including phenoxy) is 1. The first-order chi connectivity index (χ1) is 6.29.